The van der Waals surface area contributed by atoms with E-state index >= 15 is 0 Å². The number of benzene rings is 1. The van der Waals surface area contributed by atoms with Gasteiger partial charge in [-0.1, -0.05) is 18.2 Å². The van der Waals surface area contributed by atoms with Crippen LogP contribution >= 0.6 is 0 Å². The van der Waals surface area contributed by atoms with Gasteiger partial charge in [0.25, 0.3) is 0 Å². The van der Waals surface area contributed by atoms with Crippen molar-refractivity contribution < 1.29 is 19.4 Å². The summed E-state index contributed by atoms with van der Waals surface area (Å²) in [6.07, 6.45) is 1.90. The second-order valence-electron chi connectivity index (χ2n) is 5.87. The molecule has 2 aliphatic rings. The maximum absolute atomic E-state index is 12.2. The summed E-state index contributed by atoms with van der Waals surface area (Å²) in [4.78, 5) is 25.9. The highest BCUT2D eigenvalue weighted by Gasteiger charge is 2.50. The molecule has 1 N–H and O–H groups in total. The lowest BCUT2D eigenvalue weighted by atomic mass is 9.87. The zero-order valence-corrected chi connectivity index (χ0v) is 11.9. The number of fused-ring (bicyclic) bond motifs is 2. The van der Waals surface area contributed by atoms with Gasteiger partial charge in [0.15, 0.2) is 0 Å². The van der Waals surface area contributed by atoms with Gasteiger partial charge in [-0.15, -0.1) is 0 Å². The SMILES string of the molecule is CN1[C@@H]2CC[C@H]1[C@@H](C(=O)O)[C@@H](OC(=O)c1ccccc1)C2. The fourth-order valence-electron chi connectivity index (χ4n) is 3.65. The third-order valence-corrected chi connectivity index (χ3v) is 4.77. The van der Waals surface area contributed by atoms with E-state index in [2.05, 4.69) is 4.90 Å². The number of aliphatic carboxylic acids is 1. The van der Waals surface area contributed by atoms with Gasteiger partial charge in [-0.05, 0) is 32.0 Å². The van der Waals surface area contributed by atoms with Crippen molar-refractivity contribution in [3.05, 3.63) is 35.9 Å². The van der Waals surface area contributed by atoms with Gasteiger partial charge >= 0.3 is 11.9 Å². The van der Waals surface area contributed by atoms with Crippen LogP contribution in [-0.2, 0) is 9.53 Å². The molecule has 4 atom stereocenters. The van der Waals surface area contributed by atoms with E-state index in [-0.39, 0.29) is 6.04 Å². The smallest absolute Gasteiger partial charge is 0.338 e. The van der Waals surface area contributed by atoms with Crippen LogP contribution in [0.3, 0.4) is 0 Å². The van der Waals surface area contributed by atoms with Gasteiger partial charge in [-0.25, -0.2) is 4.79 Å². The molecule has 2 bridgehead atoms. The molecule has 0 aliphatic carbocycles. The fraction of sp³-hybridized carbons (Fsp3) is 0.500. The first-order chi connectivity index (χ1) is 10.1. The summed E-state index contributed by atoms with van der Waals surface area (Å²) in [7, 11) is 1.97. The van der Waals surface area contributed by atoms with Crippen LogP contribution < -0.4 is 0 Å². The average Bonchev–Trinajstić information content (AvgIpc) is 2.72. The van der Waals surface area contributed by atoms with E-state index < -0.39 is 24.0 Å². The van der Waals surface area contributed by atoms with Crippen molar-refractivity contribution in [3.8, 4) is 0 Å². The lowest BCUT2D eigenvalue weighted by Gasteiger charge is -2.40. The highest BCUT2D eigenvalue weighted by molar-refractivity contribution is 5.89. The van der Waals surface area contributed by atoms with Crippen LogP contribution in [0, 0.1) is 5.92 Å². The molecule has 21 heavy (non-hydrogen) atoms. The molecule has 2 fully saturated rings. The van der Waals surface area contributed by atoms with Crippen LogP contribution in [0.5, 0.6) is 0 Å². The first-order valence-corrected chi connectivity index (χ1v) is 7.28. The number of carboxylic acid groups (broad SMARTS) is 1. The average molecular weight is 289 g/mol. The second-order valence-corrected chi connectivity index (χ2v) is 5.87. The Morgan fingerprint density at radius 2 is 1.95 bits per heavy atom. The molecule has 0 amide bonds. The lowest BCUT2D eigenvalue weighted by Crippen LogP contribution is -2.53. The minimum Gasteiger partial charge on any atom is -0.481 e. The Bertz CT molecular complexity index is 544. The van der Waals surface area contributed by atoms with Crippen molar-refractivity contribution >= 4 is 11.9 Å². The number of carbonyl (C=O) groups excluding carboxylic acids is 1. The molecule has 5 heteroatoms. The molecule has 1 aromatic carbocycles. The lowest BCUT2D eigenvalue weighted by molar-refractivity contribution is -0.152. The molecule has 2 heterocycles. The first kappa shape index (κ1) is 14.1. The van der Waals surface area contributed by atoms with Crippen molar-refractivity contribution in [1.82, 2.24) is 4.90 Å². The van der Waals surface area contributed by atoms with Crippen molar-refractivity contribution in [2.45, 2.75) is 37.5 Å². The second kappa shape index (κ2) is 5.48. The summed E-state index contributed by atoms with van der Waals surface area (Å²) >= 11 is 0. The van der Waals surface area contributed by atoms with Gasteiger partial charge < -0.3 is 9.84 Å². The van der Waals surface area contributed by atoms with E-state index in [9.17, 15) is 14.7 Å². The number of carbonyl (C=O) groups is 2. The van der Waals surface area contributed by atoms with E-state index in [0.29, 0.717) is 18.0 Å². The molecule has 0 spiro atoms. The highest BCUT2D eigenvalue weighted by Crippen LogP contribution is 2.39. The van der Waals surface area contributed by atoms with Crippen molar-refractivity contribution in [1.29, 1.82) is 0 Å². The topological polar surface area (TPSA) is 66.8 Å². The fourth-order valence-corrected chi connectivity index (χ4v) is 3.65. The first-order valence-electron chi connectivity index (χ1n) is 7.28. The van der Waals surface area contributed by atoms with Crippen molar-refractivity contribution in [2.24, 2.45) is 5.92 Å². The standard InChI is InChI=1S/C16H19NO4/c1-17-11-7-8-12(17)14(15(18)19)13(9-11)21-16(20)10-5-3-2-4-6-10/h2-6,11-14H,7-9H2,1H3,(H,18,19)/t11-,12+,13+,14-/m1/s1. The summed E-state index contributed by atoms with van der Waals surface area (Å²) in [6.45, 7) is 0. The van der Waals surface area contributed by atoms with Crippen molar-refractivity contribution in [2.75, 3.05) is 7.05 Å². The Kier molecular flexibility index (Phi) is 3.68. The van der Waals surface area contributed by atoms with Gasteiger partial charge in [0.1, 0.15) is 12.0 Å². The molecule has 112 valence electrons. The number of hydrogen-bond acceptors (Lipinski definition) is 4. The van der Waals surface area contributed by atoms with Crippen LogP contribution in [0.2, 0.25) is 0 Å². The zero-order valence-electron chi connectivity index (χ0n) is 11.9. The molecule has 2 aliphatic heterocycles. The predicted octanol–water partition coefficient (Wildman–Crippen LogP) is 1.78. The Labute approximate surface area is 123 Å². The number of piperidine rings is 1. The van der Waals surface area contributed by atoms with Crippen LogP contribution in [0.4, 0.5) is 0 Å². The van der Waals surface area contributed by atoms with E-state index in [1.807, 2.05) is 13.1 Å². The largest absolute Gasteiger partial charge is 0.481 e. The Hall–Kier alpha value is -1.88. The number of ether oxygens (including phenoxy) is 1. The van der Waals surface area contributed by atoms with Gasteiger partial charge in [-0.3, -0.25) is 9.69 Å². The van der Waals surface area contributed by atoms with Gasteiger partial charge in [-0.2, -0.15) is 0 Å². The number of rotatable bonds is 3. The number of hydrogen-bond donors (Lipinski definition) is 1. The molecular formula is C16H19NO4. The van der Waals surface area contributed by atoms with E-state index in [1.165, 1.54) is 0 Å². The minimum atomic E-state index is -0.877. The molecular weight excluding hydrogens is 270 g/mol. The molecule has 2 saturated heterocycles. The van der Waals surface area contributed by atoms with Crippen LogP contribution in [0.15, 0.2) is 30.3 Å². The summed E-state index contributed by atoms with van der Waals surface area (Å²) in [5.74, 6) is -1.95. The molecule has 0 aromatic heterocycles. The zero-order chi connectivity index (χ0) is 15.0. The van der Waals surface area contributed by atoms with Crippen LogP contribution in [0.25, 0.3) is 0 Å². The van der Waals surface area contributed by atoms with E-state index in [4.69, 9.17) is 4.74 Å². The van der Waals surface area contributed by atoms with E-state index in [0.717, 1.165) is 12.8 Å². The summed E-state index contributed by atoms with van der Waals surface area (Å²) < 4.78 is 5.53. The molecule has 0 unspecified atom stereocenters. The maximum atomic E-state index is 12.2. The Balaban J connectivity index is 1.78. The Morgan fingerprint density at radius 1 is 1.24 bits per heavy atom. The molecule has 3 rings (SSSR count). The van der Waals surface area contributed by atoms with Crippen LogP contribution in [-0.4, -0.2) is 47.2 Å². The maximum Gasteiger partial charge on any atom is 0.338 e. The number of nitrogens with zero attached hydrogens (tertiary/aromatic N) is 1. The predicted molar refractivity (Wildman–Crippen MR) is 76.0 cm³/mol. The molecule has 0 radical (unpaired) electrons. The summed E-state index contributed by atoms with van der Waals surface area (Å²) in [5.41, 5.74) is 0.466. The van der Waals surface area contributed by atoms with Crippen LogP contribution in [0.1, 0.15) is 29.6 Å². The minimum absolute atomic E-state index is 0.0326. The molecule has 1 aromatic rings. The number of carboxylic acids is 1. The molecule has 0 saturated carbocycles. The Morgan fingerprint density at radius 3 is 2.62 bits per heavy atom. The molecule has 5 nitrogen and oxygen atoms in total. The van der Waals surface area contributed by atoms with Gasteiger partial charge in [0, 0.05) is 18.5 Å². The quantitative estimate of drug-likeness (QED) is 0.859. The number of esters is 1. The summed E-state index contributed by atoms with van der Waals surface area (Å²) in [5, 5.41) is 9.51. The van der Waals surface area contributed by atoms with Gasteiger partial charge in [0.05, 0.1) is 5.56 Å². The van der Waals surface area contributed by atoms with Crippen molar-refractivity contribution in [3.63, 3.8) is 0 Å². The third-order valence-electron chi connectivity index (χ3n) is 4.77. The van der Waals surface area contributed by atoms with E-state index in [1.54, 1.807) is 24.3 Å². The van der Waals surface area contributed by atoms with Gasteiger partial charge in [0.2, 0.25) is 0 Å². The monoisotopic (exact) mass is 289 g/mol. The normalized spacial score (nSPS) is 31.9. The summed E-state index contributed by atoms with van der Waals surface area (Å²) in [6, 6.07) is 9.01. The highest BCUT2D eigenvalue weighted by atomic mass is 16.5. The third kappa shape index (κ3) is 2.53.